The monoisotopic (exact) mass is 402 g/mol. The summed E-state index contributed by atoms with van der Waals surface area (Å²) in [5.41, 5.74) is -1.35. The molecule has 13 heteroatoms. The molecule has 0 unspecified atom stereocenters. The summed E-state index contributed by atoms with van der Waals surface area (Å²) in [5, 5.41) is -0.274. The van der Waals surface area contributed by atoms with Crippen molar-refractivity contribution in [1.29, 1.82) is 0 Å². The van der Waals surface area contributed by atoms with E-state index < -0.39 is 46.2 Å². The number of nitrogens with one attached hydrogen (secondary N) is 1. The van der Waals surface area contributed by atoms with E-state index in [1.807, 2.05) is 0 Å². The molecule has 0 aromatic heterocycles. The third kappa shape index (κ3) is 5.45. The standard InChI is InChI=1S/C13H11F3N2O6S.Na/c14-13(15,16)10-5-18(12(20)17-11(10)25(21,22)23)7-24-9-3-1-8(6-19)2-4-9;/h1-4,6H,5,7H2,(H,17,20)(H,21,22,23);/q;+1/p-1. The van der Waals surface area contributed by atoms with Crippen molar-refractivity contribution in [3.05, 3.63) is 40.4 Å². The van der Waals surface area contributed by atoms with Crippen molar-refractivity contribution in [3.8, 4) is 5.75 Å². The number of carbonyl (C=O) groups excluding carboxylic acids is 2. The zero-order chi connectivity index (χ0) is 18.8. The minimum Gasteiger partial charge on any atom is -0.743 e. The fraction of sp³-hybridized carbons (Fsp3) is 0.231. The van der Waals surface area contributed by atoms with Crippen molar-refractivity contribution in [2.75, 3.05) is 13.3 Å². The number of ether oxygens (including phenoxy) is 1. The number of nitrogens with zero attached hydrogens (tertiary/aromatic N) is 1. The van der Waals surface area contributed by atoms with Crippen LogP contribution in [-0.4, -0.2) is 49.6 Å². The molecular weight excluding hydrogens is 392 g/mol. The van der Waals surface area contributed by atoms with Crippen molar-refractivity contribution in [2.24, 2.45) is 0 Å². The molecule has 0 aliphatic carbocycles. The van der Waals surface area contributed by atoms with E-state index in [1.54, 1.807) is 0 Å². The van der Waals surface area contributed by atoms with Crippen molar-refractivity contribution in [1.82, 2.24) is 10.2 Å². The Kier molecular flexibility index (Phi) is 7.24. The Morgan fingerprint density at radius 1 is 1.27 bits per heavy atom. The minimum absolute atomic E-state index is 0. The summed E-state index contributed by atoms with van der Waals surface area (Å²) in [6.45, 7) is -1.81. The molecule has 2 rings (SSSR count). The fourth-order valence-electron chi connectivity index (χ4n) is 1.92. The molecule has 1 aliphatic rings. The Hall–Kier alpha value is -1.60. The Morgan fingerprint density at radius 3 is 2.31 bits per heavy atom. The maximum Gasteiger partial charge on any atom is 1.00 e. The first-order valence-electron chi connectivity index (χ1n) is 6.52. The normalized spacial score (nSPS) is 15.2. The van der Waals surface area contributed by atoms with Gasteiger partial charge in [0.25, 0.3) is 0 Å². The van der Waals surface area contributed by atoms with E-state index in [0.29, 0.717) is 16.7 Å². The van der Waals surface area contributed by atoms with Crippen LogP contribution in [0.2, 0.25) is 0 Å². The first kappa shape index (κ1) is 22.4. The van der Waals surface area contributed by atoms with E-state index in [1.165, 1.54) is 29.6 Å². The first-order chi connectivity index (χ1) is 11.5. The van der Waals surface area contributed by atoms with E-state index in [2.05, 4.69) is 0 Å². The van der Waals surface area contributed by atoms with Crippen LogP contribution in [0.3, 0.4) is 0 Å². The molecule has 0 spiro atoms. The predicted molar refractivity (Wildman–Crippen MR) is 75.3 cm³/mol. The molecule has 2 amide bonds. The molecule has 1 N–H and O–H groups in total. The van der Waals surface area contributed by atoms with Crippen molar-refractivity contribution >= 4 is 22.4 Å². The molecule has 0 saturated carbocycles. The molecule has 1 aromatic rings. The number of urea groups is 1. The zero-order valence-electron chi connectivity index (χ0n) is 13.2. The summed E-state index contributed by atoms with van der Waals surface area (Å²) in [7, 11) is -5.51. The summed E-state index contributed by atoms with van der Waals surface area (Å²) in [6.07, 6.45) is -4.56. The summed E-state index contributed by atoms with van der Waals surface area (Å²) >= 11 is 0. The van der Waals surface area contributed by atoms with Gasteiger partial charge >= 0.3 is 41.8 Å². The maximum atomic E-state index is 13.0. The fourth-order valence-corrected chi connectivity index (χ4v) is 2.61. The van der Waals surface area contributed by atoms with E-state index in [-0.39, 0.29) is 35.3 Å². The zero-order valence-corrected chi connectivity index (χ0v) is 16.1. The second-order valence-corrected chi connectivity index (χ2v) is 6.16. The molecule has 0 fully saturated rings. The van der Waals surface area contributed by atoms with Gasteiger partial charge in [-0.1, -0.05) is 0 Å². The SMILES string of the molecule is O=Cc1ccc(OCN2CC(C(F)(F)F)=C(S(=O)(=O)[O-])NC2=O)cc1.[Na+]. The van der Waals surface area contributed by atoms with Crippen LogP contribution in [0.15, 0.2) is 34.9 Å². The largest absolute Gasteiger partial charge is 1.00 e. The van der Waals surface area contributed by atoms with Crippen LogP contribution in [0.25, 0.3) is 0 Å². The molecule has 26 heavy (non-hydrogen) atoms. The summed E-state index contributed by atoms with van der Waals surface area (Å²) in [4.78, 5) is 22.8. The van der Waals surface area contributed by atoms with Gasteiger partial charge in [0.1, 0.15) is 27.2 Å². The summed E-state index contributed by atoms with van der Waals surface area (Å²) < 4.78 is 76.8. The van der Waals surface area contributed by atoms with Gasteiger partial charge in [0, 0.05) is 5.56 Å². The van der Waals surface area contributed by atoms with Gasteiger partial charge in [0.2, 0.25) is 0 Å². The molecule has 8 nitrogen and oxygen atoms in total. The van der Waals surface area contributed by atoms with Crippen LogP contribution in [0.5, 0.6) is 5.75 Å². The van der Waals surface area contributed by atoms with Crippen LogP contribution < -0.4 is 39.6 Å². The Balaban J connectivity index is 0.00000338. The van der Waals surface area contributed by atoms with Gasteiger partial charge in [-0.25, -0.2) is 13.2 Å². The van der Waals surface area contributed by atoms with Gasteiger partial charge < -0.3 is 9.29 Å². The van der Waals surface area contributed by atoms with Gasteiger partial charge in [-0.05, 0) is 24.3 Å². The predicted octanol–water partition coefficient (Wildman–Crippen LogP) is -1.82. The van der Waals surface area contributed by atoms with Crippen molar-refractivity contribution in [3.63, 3.8) is 0 Å². The number of amides is 2. The molecule has 136 valence electrons. The van der Waals surface area contributed by atoms with Crippen molar-refractivity contribution in [2.45, 2.75) is 6.18 Å². The van der Waals surface area contributed by atoms with E-state index in [9.17, 15) is 35.7 Å². The molecule has 0 saturated heterocycles. The summed E-state index contributed by atoms with van der Waals surface area (Å²) in [5.74, 6) is 0.165. The van der Waals surface area contributed by atoms with E-state index >= 15 is 0 Å². The van der Waals surface area contributed by atoms with Gasteiger partial charge in [0.05, 0.1) is 12.1 Å². The Bertz CT molecular complexity index is 823. The van der Waals surface area contributed by atoms with Gasteiger partial charge in [0.15, 0.2) is 6.73 Å². The third-order valence-corrected chi connectivity index (χ3v) is 3.97. The number of halogens is 3. The number of rotatable bonds is 5. The number of hydrogen-bond acceptors (Lipinski definition) is 6. The number of carbonyl (C=O) groups is 2. The molecule has 1 aromatic carbocycles. The topological polar surface area (TPSA) is 116 Å². The molecular formula is C13H10F3N2NaO6S. The van der Waals surface area contributed by atoms with Gasteiger partial charge in [-0.3, -0.25) is 15.0 Å². The van der Waals surface area contributed by atoms with Crippen LogP contribution in [-0.2, 0) is 10.1 Å². The van der Waals surface area contributed by atoms with Crippen LogP contribution in [0.4, 0.5) is 18.0 Å². The number of aldehydes is 1. The first-order valence-corrected chi connectivity index (χ1v) is 7.93. The average Bonchev–Trinajstić information content (AvgIpc) is 2.52. The minimum atomic E-state index is -5.51. The number of alkyl halides is 3. The number of benzene rings is 1. The van der Waals surface area contributed by atoms with Crippen LogP contribution in [0.1, 0.15) is 10.4 Å². The second kappa shape index (κ2) is 8.39. The Labute approximate surface area is 168 Å². The second-order valence-electron chi connectivity index (χ2n) is 4.85. The summed E-state index contributed by atoms with van der Waals surface area (Å²) in [6, 6.07) is 4.27. The molecule has 0 radical (unpaired) electrons. The van der Waals surface area contributed by atoms with E-state index in [0.717, 1.165) is 0 Å². The smallest absolute Gasteiger partial charge is 0.743 e. The molecule has 1 heterocycles. The number of hydrogen-bond donors (Lipinski definition) is 1. The molecule has 0 bridgehead atoms. The van der Waals surface area contributed by atoms with Crippen LogP contribution in [0, 0.1) is 0 Å². The third-order valence-electron chi connectivity index (χ3n) is 3.13. The van der Waals surface area contributed by atoms with Gasteiger partial charge in [-0.2, -0.15) is 13.2 Å². The Morgan fingerprint density at radius 2 is 1.85 bits per heavy atom. The van der Waals surface area contributed by atoms with Crippen molar-refractivity contribution < 1.29 is 70.0 Å². The van der Waals surface area contributed by atoms with Gasteiger partial charge in [-0.15, -0.1) is 0 Å². The molecule has 1 aliphatic heterocycles. The average molecular weight is 402 g/mol. The maximum absolute atomic E-state index is 13.0. The quantitative estimate of drug-likeness (QED) is 0.353. The van der Waals surface area contributed by atoms with E-state index in [4.69, 9.17) is 4.74 Å². The molecule has 0 atom stereocenters. The van der Waals surface area contributed by atoms with Crippen LogP contribution >= 0.6 is 0 Å².